The van der Waals surface area contributed by atoms with Crippen molar-refractivity contribution in [1.29, 1.82) is 5.41 Å². The molecule has 3 heterocycles. The molecular formula is C90H127N21O21. The van der Waals surface area contributed by atoms with Crippen LogP contribution in [-0.4, -0.2) is 251 Å². The minimum Gasteiger partial charge on any atom is -0.508 e. The molecule has 1 saturated heterocycles. The number of carboxylic acid groups (broad SMARTS) is 2. The Morgan fingerprint density at radius 1 is 0.447 bits per heavy atom. The number of amides is 14. The number of hydrogen-bond acceptors (Lipinski definition) is 22. The van der Waals surface area contributed by atoms with Crippen molar-refractivity contribution in [2.45, 2.75) is 249 Å². The van der Waals surface area contributed by atoms with Crippen LogP contribution in [0.15, 0.2) is 109 Å². The van der Waals surface area contributed by atoms with Crippen LogP contribution in [0.25, 0.3) is 21.8 Å². The highest BCUT2D eigenvalue weighted by molar-refractivity contribution is 6.02. The number of nitrogens with zero attached hydrogens (tertiary/aromatic N) is 1. The number of benzene rings is 4. The van der Waals surface area contributed by atoms with Crippen molar-refractivity contribution in [3.63, 3.8) is 0 Å². The van der Waals surface area contributed by atoms with Gasteiger partial charge in [0.1, 0.15) is 90.0 Å². The lowest BCUT2D eigenvalue weighted by molar-refractivity contribution is -0.146. The summed E-state index contributed by atoms with van der Waals surface area (Å²) in [4.78, 5) is 234. The van der Waals surface area contributed by atoms with E-state index in [2.05, 4.69) is 79.1 Å². The van der Waals surface area contributed by atoms with Crippen LogP contribution in [0, 0.1) is 23.2 Å². The van der Waals surface area contributed by atoms with Crippen molar-refractivity contribution in [3.8, 4) is 11.5 Å². The summed E-state index contributed by atoms with van der Waals surface area (Å²) in [5.74, 6) is -18.4. The van der Waals surface area contributed by atoms with E-state index in [0.29, 0.717) is 50.5 Å². The zero-order valence-corrected chi connectivity index (χ0v) is 75.2. The predicted molar refractivity (Wildman–Crippen MR) is 485 cm³/mol. The lowest BCUT2D eigenvalue weighted by Crippen LogP contribution is -2.62. The first kappa shape index (κ1) is 105. The molecule has 1 fully saturated rings. The molecule has 0 aliphatic carbocycles. The zero-order valence-electron chi connectivity index (χ0n) is 75.2. The number of rotatable bonds is 53. The number of nitrogens with two attached hydrogens (primary N) is 4. The van der Waals surface area contributed by atoms with E-state index in [9.17, 15) is 78.3 Å². The van der Waals surface area contributed by atoms with Gasteiger partial charge in [-0.2, -0.15) is 0 Å². The molecule has 2 aromatic heterocycles. The Morgan fingerprint density at radius 2 is 0.826 bits per heavy atom. The number of carboxylic acids is 2. The average Bonchev–Trinajstić information content (AvgIpc) is 1.65. The Bertz CT molecular complexity index is 5020. The van der Waals surface area contributed by atoms with Gasteiger partial charge in [0.25, 0.3) is 0 Å². The number of aliphatic hydroxyl groups is 1. The summed E-state index contributed by atoms with van der Waals surface area (Å²) >= 11 is 0. The molecule has 0 radical (unpaired) electrons. The summed E-state index contributed by atoms with van der Waals surface area (Å²) in [6.07, 6.45) is -1.17. The number of unbranched alkanes of at least 4 members (excludes halogenated alkanes) is 1. The molecule has 718 valence electrons. The summed E-state index contributed by atoms with van der Waals surface area (Å²) in [6.45, 7) is 13.0. The first-order valence-electron chi connectivity index (χ1n) is 44.0. The first-order valence-corrected chi connectivity index (χ1v) is 44.0. The summed E-state index contributed by atoms with van der Waals surface area (Å²) in [5.41, 5.74) is 25.8. The topological polar surface area (TPSA) is 693 Å². The fraction of sp³-hybridized carbons (Fsp3) is 0.500. The summed E-state index contributed by atoms with van der Waals surface area (Å²) in [6, 6.07) is 3.75. The highest BCUT2D eigenvalue weighted by Crippen LogP contribution is 2.26. The largest absolute Gasteiger partial charge is 0.508 e. The van der Waals surface area contributed by atoms with Gasteiger partial charge in [0, 0.05) is 73.0 Å². The fourth-order valence-corrected chi connectivity index (χ4v) is 15.2. The number of hydrogen-bond donors (Lipinski definition) is 25. The Morgan fingerprint density at radius 3 is 1.24 bits per heavy atom. The van der Waals surface area contributed by atoms with E-state index in [1.54, 1.807) is 102 Å². The van der Waals surface area contributed by atoms with Gasteiger partial charge in [0.15, 0.2) is 5.96 Å². The third-order valence-corrected chi connectivity index (χ3v) is 22.0. The predicted octanol–water partition coefficient (Wildman–Crippen LogP) is -1.17. The highest BCUT2D eigenvalue weighted by atomic mass is 16.4. The van der Waals surface area contributed by atoms with Crippen molar-refractivity contribution in [1.82, 2.24) is 84.0 Å². The van der Waals surface area contributed by atoms with Crippen LogP contribution in [0.3, 0.4) is 0 Å². The number of aliphatic carboxylic acids is 2. The van der Waals surface area contributed by atoms with Gasteiger partial charge in [-0.1, -0.05) is 102 Å². The van der Waals surface area contributed by atoms with Crippen LogP contribution in [0.2, 0.25) is 0 Å². The van der Waals surface area contributed by atoms with E-state index in [1.165, 1.54) is 62.4 Å². The molecule has 42 nitrogen and oxygen atoms in total. The molecule has 6 aromatic rings. The third-order valence-electron chi connectivity index (χ3n) is 22.0. The van der Waals surface area contributed by atoms with E-state index in [1.807, 2.05) is 0 Å². The van der Waals surface area contributed by atoms with E-state index in [0.717, 1.165) is 4.90 Å². The van der Waals surface area contributed by atoms with Crippen LogP contribution < -0.4 is 92.1 Å². The molecule has 1 aliphatic rings. The Balaban J connectivity index is 1.10. The maximum Gasteiger partial charge on any atom is 0.326 e. The molecule has 42 heteroatoms. The SMILES string of the molecule is CC(C)C[C@H](NC(=O)[C@H](Cc1c[nH]c2ccccc12)NC(=O)[C@H](CC(C)C)NC(=O)[C@H](CCCCN)NC(=O)[C@@H](NC(=O)[C@H](CC(C)C)NC(=O)[C@@H]1CCCN1C(=O)[C@H](CC(=O)O)NC(=O)[C@H](Cc1ccc(O)cc1)NC(=O)[C@H](Cc1c[nH]c2ccccc12)NC(=O)[C@H](Cc1ccc(O)cc1)NC(=O)[C@H](C)N)[C@@H](C)O)C(=O)N[C@@H](CCCNC(=N)N)C(=O)N[C@@H](CC(N)=O)C(=O)O. The molecule has 0 bridgehead atoms. The summed E-state index contributed by atoms with van der Waals surface area (Å²) in [7, 11) is 0. The lowest BCUT2D eigenvalue weighted by Gasteiger charge is -2.31. The molecule has 29 N–H and O–H groups in total. The number of primary amides is 1. The number of carbonyl (C=O) groups excluding carboxylic acids is 14. The maximum absolute atomic E-state index is 15.1. The molecular weight excluding hydrogens is 1710 g/mol. The van der Waals surface area contributed by atoms with Crippen LogP contribution >= 0.6 is 0 Å². The van der Waals surface area contributed by atoms with E-state index in [-0.39, 0.29) is 132 Å². The minimum atomic E-state index is -1.95. The quantitative estimate of drug-likeness (QED) is 0.0122. The number of phenolic OH excluding ortho intramolecular Hbond substituents is 2. The van der Waals surface area contributed by atoms with E-state index >= 15 is 24.0 Å². The number of aromatic nitrogens is 2. The second-order valence-corrected chi connectivity index (χ2v) is 34.5. The van der Waals surface area contributed by atoms with Crippen LogP contribution in [0.1, 0.15) is 155 Å². The minimum absolute atomic E-state index is 0.0368. The highest BCUT2D eigenvalue weighted by Gasteiger charge is 2.43. The molecule has 0 unspecified atom stereocenters. The number of para-hydroxylation sites is 2. The number of fused-ring (bicyclic) bond motifs is 2. The van der Waals surface area contributed by atoms with Gasteiger partial charge in [-0.15, -0.1) is 0 Å². The Labute approximate surface area is 763 Å². The number of H-pyrrole nitrogens is 2. The number of phenols is 2. The molecule has 0 saturated carbocycles. The fourth-order valence-electron chi connectivity index (χ4n) is 15.2. The van der Waals surface area contributed by atoms with Gasteiger partial charge >= 0.3 is 11.9 Å². The maximum atomic E-state index is 15.1. The summed E-state index contributed by atoms with van der Waals surface area (Å²) in [5, 5.41) is 94.6. The first-order chi connectivity index (χ1) is 62.5. The van der Waals surface area contributed by atoms with Crippen LogP contribution in [-0.2, 0) is 102 Å². The van der Waals surface area contributed by atoms with Crippen molar-refractivity contribution < 1.29 is 102 Å². The van der Waals surface area contributed by atoms with Crippen molar-refractivity contribution in [3.05, 3.63) is 132 Å². The molecule has 4 aromatic carbocycles. The molecule has 15 atom stereocenters. The second-order valence-electron chi connectivity index (χ2n) is 34.5. The van der Waals surface area contributed by atoms with E-state index in [4.69, 9.17) is 28.3 Å². The van der Waals surface area contributed by atoms with Crippen molar-refractivity contribution >= 4 is 122 Å². The van der Waals surface area contributed by atoms with Crippen LogP contribution in [0.5, 0.6) is 11.5 Å². The molecule has 132 heavy (non-hydrogen) atoms. The average molecular weight is 1840 g/mol. The lowest BCUT2D eigenvalue weighted by atomic mass is 9.98. The van der Waals surface area contributed by atoms with Crippen molar-refractivity contribution in [2.75, 3.05) is 19.6 Å². The number of aromatic amines is 2. The van der Waals surface area contributed by atoms with Gasteiger partial charge in [-0.05, 0) is 161 Å². The van der Waals surface area contributed by atoms with Gasteiger partial charge in [-0.25, -0.2) is 4.79 Å². The van der Waals surface area contributed by atoms with Crippen molar-refractivity contribution in [2.24, 2.45) is 40.7 Å². The Kier molecular flexibility index (Phi) is 40.7. The number of guanidine groups is 1. The molecule has 1 aliphatic heterocycles. The smallest absolute Gasteiger partial charge is 0.326 e. The number of carbonyl (C=O) groups is 16. The third kappa shape index (κ3) is 33.0. The van der Waals surface area contributed by atoms with Gasteiger partial charge in [0.05, 0.1) is 25.0 Å². The molecule has 7 rings (SSSR count). The Hall–Kier alpha value is -13.8. The zero-order chi connectivity index (χ0) is 97.3. The van der Waals surface area contributed by atoms with Crippen LogP contribution in [0.4, 0.5) is 0 Å². The monoisotopic (exact) mass is 1840 g/mol. The number of aromatic hydroxyl groups is 2. The normalized spacial score (nSPS) is 15.7. The number of aliphatic hydroxyl groups excluding tert-OH is 1. The summed E-state index contributed by atoms with van der Waals surface area (Å²) < 4.78 is 0. The molecule has 0 spiro atoms. The molecule has 14 amide bonds. The van der Waals surface area contributed by atoms with Gasteiger partial charge in [0.2, 0.25) is 82.7 Å². The van der Waals surface area contributed by atoms with Gasteiger partial charge in [-0.3, -0.25) is 77.3 Å². The van der Waals surface area contributed by atoms with Gasteiger partial charge < -0.3 is 132 Å². The number of nitrogens with one attached hydrogen (secondary N) is 16. The van der Waals surface area contributed by atoms with E-state index < -0.39 is 204 Å². The number of likely N-dealkylation sites (tertiary alicyclic amines) is 1. The second kappa shape index (κ2) is 51.0. The standard InChI is InChI=1S/C90H127N21O21/c1-46(2)35-63(79(121)99-62(22-15-33-96-90(94)95)78(120)109-71(89(131)132)42-73(93)115)103-83(125)68(40-53-44-97-59-19-11-9-17-57(53)59)105-80(122)64(36-47(3)4)102-77(119)61(21-13-14-32-91)100-87(129)75(50(8)112)110-85(127)65(37-48(5)6)107-86(128)72-23-16-34-111(72)88(130)70(43-74(116)117)108-82(124)67(39-52-26-30-56(114)31-27-52)104-84(126)69(41-54-45-98-60-20-12-10-18-58(54)60)106-81(123)66(101-76(118)49(7)92)38-51-24-28-55(113)29-25-51/h9-12,17-20,24-31,44-50,61-72,75,97-98,112-114H,13-16,21-23,32-43,91-92H2,1-8H3,(H2,93,115)(H,99,121)(H,100,129)(H,101,118)(H,102,119)(H,103,125)(H,104,126)(H,105,122)(H,106,123)(H,107,128)(H,108,124)(H,109,120)(H,110,127)(H,116,117)(H,131,132)(H4,94,95,96)/t49-,50+,61-,62-,63-,64-,65-,66-,67-,68-,69-,70-,71-,72-,75-/m0/s1.